The van der Waals surface area contributed by atoms with Gasteiger partial charge in [-0.05, 0) is 146 Å². The molecular formula is C64H56BN3OS. The van der Waals surface area contributed by atoms with Crippen LogP contribution >= 0.6 is 11.3 Å². The summed E-state index contributed by atoms with van der Waals surface area (Å²) in [6, 6.07) is 52.8. The molecule has 0 fully saturated rings. The molecular weight excluding hydrogens is 870 g/mol. The first-order chi connectivity index (χ1) is 33.5. The number of aromatic nitrogens is 2. The molecule has 70 heavy (non-hydrogen) atoms. The number of oxazole rings is 1. The first-order valence-corrected chi connectivity index (χ1v) is 26.0. The maximum absolute atomic E-state index is 6.62. The highest BCUT2D eigenvalue weighted by molar-refractivity contribution is 7.25. The monoisotopic (exact) mass is 925 g/mol. The minimum atomic E-state index is -0.141. The maximum Gasteiger partial charge on any atom is 0.227 e. The van der Waals surface area contributed by atoms with Crippen molar-refractivity contribution < 1.29 is 4.42 Å². The third-order valence-electron chi connectivity index (χ3n) is 16.9. The molecule has 3 aliphatic rings. The molecule has 0 atom stereocenters. The molecule has 4 heterocycles. The van der Waals surface area contributed by atoms with Crippen molar-refractivity contribution in [3.05, 3.63) is 167 Å². The topological polar surface area (TPSA) is 43.0 Å². The summed E-state index contributed by atoms with van der Waals surface area (Å²) in [5.74, 6) is 0.645. The lowest BCUT2D eigenvalue weighted by molar-refractivity contribution is 0.332. The number of benzene rings is 8. The van der Waals surface area contributed by atoms with Crippen LogP contribution in [0.1, 0.15) is 103 Å². The van der Waals surface area contributed by atoms with E-state index in [9.17, 15) is 0 Å². The fourth-order valence-electron chi connectivity index (χ4n) is 12.7. The molecule has 0 amide bonds. The van der Waals surface area contributed by atoms with Gasteiger partial charge in [0.15, 0.2) is 12.9 Å². The van der Waals surface area contributed by atoms with Crippen molar-refractivity contribution in [2.24, 2.45) is 0 Å². The largest absolute Gasteiger partial charge is 0.436 e. The Bertz CT molecular complexity index is 4060. The minimum absolute atomic E-state index is 0.0620. The molecule has 4 nitrogen and oxygen atoms in total. The summed E-state index contributed by atoms with van der Waals surface area (Å²) in [5, 5.41) is 9.25. The zero-order chi connectivity index (χ0) is 47.8. The molecule has 0 unspecified atom stereocenters. The molecule has 0 spiro atoms. The predicted octanol–water partition coefficient (Wildman–Crippen LogP) is 16.0. The van der Waals surface area contributed by atoms with Gasteiger partial charge < -0.3 is 14.3 Å². The van der Waals surface area contributed by atoms with Crippen molar-refractivity contribution in [2.75, 3.05) is 5.32 Å². The Morgan fingerprint density at radius 3 is 2.10 bits per heavy atom. The molecule has 0 saturated carbocycles. The molecule has 1 aliphatic heterocycles. The molecule has 2 aliphatic carbocycles. The van der Waals surface area contributed by atoms with Gasteiger partial charge in [-0.15, -0.1) is 11.3 Å². The second-order valence-corrected chi connectivity index (χ2v) is 24.6. The Morgan fingerprint density at radius 1 is 0.614 bits per heavy atom. The Morgan fingerprint density at radius 2 is 1.33 bits per heavy atom. The van der Waals surface area contributed by atoms with E-state index in [1.54, 1.807) is 0 Å². The van der Waals surface area contributed by atoms with Crippen LogP contribution in [0.5, 0.6) is 0 Å². The van der Waals surface area contributed by atoms with E-state index < -0.39 is 0 Å². The number of hydrogen-bond donors (Lipinski definition) is 1. The van der Waals surface area contributed by atoms with Crippen LogP contribution in [0, 0.1) is 0 Å². The number of hydrogen-bond acceptors (Lipinski definition) is 4. The second kappa shape index (κ2) is 14.1. The average molecular weight is 926 g/mol. The third-order valence-corrected chi connectivity index (χ3v) is 18.0. The lowest BCUT2D eigenvalue weighted by Gasteiger charge is -2.41. The number of nitrogens with zero attached hydrogens (tertiary/aromatic N) is 2. The smallest absolute Gasteiger partial charge is 0.227 e. The van der Waals surface area contributed by atoms with E-state index in [1.807, 2.05) is 29.5 Å². The summed E-state index contributed by atoms with van der Waals surface area (Å²) < 4.78 is 11.9. The quantitative estimate of drug-likeness (QED) is 0.179. The van der Waals surface area contributed by atoms with Crippen LogP contribution in [-0.4, -0.2) is 16.8 Å². The van der Waals surface area contributed by atoms with Gasteiger partial charge in [-0.1, -0.05) is 135 Å². The minimum Gasteiger partial charge on any atom is -0.436 e. The van der Waals surface area contributed by atoms with Gasteiger partial charge in [-0.3, -0.25) is 0 Å². The summed E-state index contributed by atoms with van der Waals surface area (Å²) in [5.41, 5.74) is 23.5. The van der Waals surface area contributed by atoms with E-state index in [-0.39, 0.29) is 21.7 Å². The Labute approximate surface area is 414 Å². The maximum atomic E-state index is 6.62. The Balaban J connectivity index is 1.04. The highest BCUT2D eigenvalue weighted by Crippen LogP contribution is 2.53. The van der Waals surface area contributed by atoms with Gasteiger partial charge in [0, 0.05) is 76.1 Å². The highest BCUT2D eigenvalue weighted by Gasteiger charge is 2.39. The fourth-order valence-corrected chi connectivity index (χ4v) is 13.9. The van der Waals surface area contributed by atoms with Crippen molar-refractivity contribution in [2.45, 2.75) is 96.8 Å². The van der Waals surface area contributed by atoms with E-state index >= 15 is 0 Å². The molecule has 0 radical (unpaired) electrons. The van der Waals surface area contributed by atoms with Crippen LogP contribution in [0.3, 0.4) is 0 Å². The van der Waals surface area contributed by atoms with Crippen molar-refractivity contribution in [1.29, 1.82) is 0 Å². The first kappa shape index (κ1) is 42.0. The molecule has 342 valence electrons. The third kappa shape index (κ3) is 5.98. The Kier molecular flexibility index (Phi) is 8.49. The molecule has 0 saturated heterocycles. The summed E-state index contributed by atoms with van der Waals surface area (Å²) in [6.07, 6.45) is 2.39. The van der Waals surface area contributed by atoms with Gasteiger partial charge in [-0.2, -0.15) is 0 Å². The molecule has 14 rings (SSSR count). The summed E-state index contributed by atoms with van der Waals surface area (Å²) in [6.45, 7) is 21.4. The van der Waals surface area contributed by atoms with Gasteiger partial charge in [-0.25, -0.2) is 4.98 Å². The standard InChI is InChI=1S/C64H56BN3OS/c1-61(2,3)36-19-21-37(22-20-36)66-51-29-45-44-28-48-49(63(6,7)26-25-62(48,4)5)32-57(44)70-56(45)30-42(51)39-23-24-40-43-27-41-38-17-13-14-18-46(38)64(8,9)47(41)31-53(43)68-54-34-55-52(33-50(54)65-58(39)59(40)68)67-60(69-55)35-15-11-10-12-16-35/h10-24,27-34,65-66H,25-26H2,1-9H3. The van der Waals surface area contributed by atoms with E-state index in [2.05, 4.69) is 194 Å². The molecule has 3 aromatic heterocycles. The summed E-state index contributed by atoms with van der Waals surface area (Å²) in [4.78, 5) is 5.11. The van der Waals surface area contributed by atoms with E-state index in [1.165, 1.54) is 116 Å². The van der Waals surface area contributed by atoms with E-state index in [4.69, 9.17) is 9.40 Å². The fraction of sp³-hybridized carbons (Fsp3) is 0.234. The van der Waals surface area contributed by atoms with Crippen LogP contribution in [0.15, 0.2) is 144 Å². The molecule has 8 aromatic carbocycles. The number of anilines is 2. The van der Waals surface area contributed by atoms with Gasteiger partial charge >= 0.3 is 0 Å². The van der Waals surface area contributed by atoms with Crippen LogP contribution in [0.4, 0.5) is 11.4 Å². The Hall–Kier alpha value is -6.89. The van der Waals surface area contributed by atoms with Crippen LogP contribution < -0.4 is 16.2 Å². The summed E-state index contributed by atoms with van der Waals surface area (Å²) in [7, 11) is 0.761. The zero-order valence-corrected chi connectivity index (χ0v) is 42.4. The average Bonchev–Trinajstić information content (AvgIpc) is 4.07. The zero-order valence-electron chi connectivity index (χ0n) is 41.6. The van der Waals surface area contributed by atoms with Crippen molar-refractivity contribution in [3.63, 3.8) is 0 Å². The van der Waals surface area contributed by atoms with E-state index in [0.717, 1.165) is 41.0 Å². The number of thiophene rings is 1. The lowest BCUT2D eigenvalue weighted by atomic mass is 9.59. The second-order valence-electron chi connectivity index (χ2n) is 23.5. The molecule has 1 N–H and O–H groups in total. The van der Waals surface area contributed by atoms with Gasteiger partial charge in [0.05, 0.1) is 5.52 Å². The van der Waals surface area contributed by atoms with Crippen molar-refractivity contribution in [1.82, 2.24) is 9.55 Å². The van der Waals surface area contributed by atoms with Crippen LogP contribution in [0.2, 0.25) is 0 Å². The number of nitrogens with one attached hydrogen (secondary N) is 1. The summed E-state index contributed by atoms with van der Waals surface area (Å²) >= 11 is 1.95. The van der Waals surface area contributed by atoms with Gasteiger partial charge in [0.25, 0.3) is 0 Å². The number of fused-ring (bicyclic) bond motifs is 13. The molecule has 6 heteroatoms. The normalized spacial score (nSPS) is 16.1. The van der Waals surface area contributed by atoms with Crippen molar-refractivity contribution in [3.8, 4) is 39.4 Å². The van der Waals surface area contributed by atoms with Gasteiger partial charge in [0.1, 0.15) is 5.52 Å². The SMILES string of the molecule is CC(C)(C)c1ccc(Nc2cc3c(cc2-c2ccc4c5cc6c(cc5n5c4c2Bc2cc4nc(-c7ccccc7)oc4cc2-5)C(C)(C)c2ccccc2-6)sc2cc4c(cc23)C(C)(C)CCC4(C)C)cc1. The first-order valence-electron chi connectivity index (χ1n) is 25.2. The highest BCUT2D eigenvalue weighted by atomic mass is 32.1. The van der Waals surface area contributed by atoms with Crippen LogP contribution in [0.25, 0.3) is 92.5 Å². The lowest BCUT2D eigenvalue weighted by Crippen LogP contribution is -2.37. The van der Waals surface area contributed by atoms with Crippen molar-refractivity contribution >= 4 is 94.0 Å². The molecule has 11 aromatic rings. The van der Waals surface area contributed by atoms with E-state index in [0.29, 0.717) is 5.89 Å². The number of rotatable bonds is 4. The van der Waals surface area contributed by atoms with Crippen LogP contribution in [-0.2, 0) is 21.7 Å². The van der Waals surface area contributed by atoms with Gasteiger partial charge in [0.2, 0.25) is 5.89 Å². The predicted molar refractivity (Wildman–Crippen MR) is 300 cm³/mol. The molecule has 0 bridgehead atoms.